The molecule has 0 aliphatic carbocycles. The van der Waals surface area contributed by atoms with Crippen molar-refractivity contribution in [3.63, 3.8) is 0 Å². The van der Waals surface area contributed by atoms with Crippen molar-refractivity contribution in [2.24, 2.45) is 0 Å². The van der Waals surface area contributed by atoms with Gasteiger partial charge in [-0.3, -0.25) is 14.6 Å². The first kappa shape index (κ1) is 29.1. The normalized spacial score (nSPS) is 16.8. The number of amides is 1. The molecule has 6 rings (SSSR count). The zero-order valence-electron chi connectivity index (χ0n) is 23.5. The molecule has 8 nitrogen and oxygen atoms in total. The summed E-state index contributed by atoms with van der Waals surface area (Å²) in [5, 5.41) is 10.3. The van der Waals surface area contributed by atoms with E-state index < -0.39 is 5.97 Å². The molecule has 0 saturated carbocycles. The zero-order valence-corrected chi connectivity index (χ0v) is 25.1. The number of benzene rings is 3. The number of thiocarbonyl (C=S) groups is 1. The highest BCUT2D eigenvalue weighted by atomic mass is 32.2. The van der Waals surface area contributed by atoms with Gasteiger partial charge < -0.3 is 19.6 Å². The van der Waals surface area contributed by atoms with Gasteiger partial charge in [0, 0.05) is 43.5 Å². The highest BCUT2D eigenvalue weighted by molar-refractivity contribution is 8.26. The first-order valence-corrected chi connectivity index (χ1v) is 15.4. The molecule has 0 radical (unpaired) electrons. The molecule has 2 aliphatic rings. The van der Waals surface area contributed by atoms with E-state index >= 15 is 0 Å². The van der Waals surface area contributed by atoms with Gasteiger partial charge in [-0.25, -0.2) is 4.79 Å². The monoisotopic (exact) mass is 613 g/mol. The Morgan fingerprint density at radius 3 is 2.65 bits per heavy atom. The van der Waals surface area contributed by atoms with Crippen molar-refractivity contribution in [2.45, 2.75) is 6.42 Å². The molecule has 2 fully saturated rings. The van der Waals surface area contributed by atoms with E-state index in [1.165, 1.54) is 11.8 Å². The van der Waals surface area contributed by atoms with E-state index in [4.69, 9.17) is 26.8 Å². The van der Waals surface area contributed by atoms with E-state index in [0.29, 0.717) is 28.8 Å². The Kier molecular flexibility index (Phi) is 8.90. The Bertz CT molecular complexity index is 1690. The van der Waals surface area contributed by atoms with Gasteiger partial charge in [-0.2, -0.15) is 0 Å². The number of H-pyrrole nitrogens is 1. The second kappa shape index (κ2) is 13.1. The van der Waals surface area contributed by atoms with Crippen LogP contribution in [0.25, 0.3) is 28.1 Å². The number of thioether (sulfide) groups is 1. The van der Waals surface area contributed by atoms with Gasteiger partial charge in [0.1, 0.15) is 16.7 Å². The smallest absolute Gasteiger partial charge is 0.335 e. The number of nitrogens with zero attached hydrogens (tertiary/aromatic N) is 2. The number of fused-ring (bicyclic) bond motifs is 1. The van der Waals surface area contributed by atoms with E-state index in [0.717, 1.165) is 71.8 Å². The van der Waals surface area contributed by atoms with Crippen LogP contribution < -0.4 is 4.74 Å². The van der Waals surface area contributed by atoms with Crippen molar-refractivity contribution >= 4 is 57.2 Å². The molecular weight excluding hydrogens is 583 g/mol. The van der Waals surface area contributed by atoms with E-state index in [-0.39, 0.29) is 11.5 Å². The molecule has 4 aromatic rings. The van der Waals surface area contributed by atoms with Crippen molar-refractivity contribution < 1.29 is 24.2 Å². The van der Waals surface area contributed by atoms with Crippen molar-refractivity contribution in [1.29, 1.82) is 0 Å². The third-order valence-electron chi connectivity index (χ3n) is 7.63. The average Bonchev–Trinajstić information content (AvgIpc) is 3.60. The van der Waals surface area contributed by atoms with E-state index in [2.05, 4.69) is 34.1 Å². The van der Waals surface area contributed by atoms with E-state index in [1.54, 1.807) is 29.2 Å². The van der Waals surface area contributed by atoms with Gasteiger partial charge in [-0.05, 0) is 71.0 Å². The van der Waals surface area contributed by atoms with Gasteiger partial charge in [0.15, 0.2) is 0 Å². The van der Waals surface area contributed by atoms with Gasteiger partial charge in [-0.15, -0.1) is 0 Å². The average molecular weight is 614 g/mol. The number of carboxylic acids is 1. The number of aromatic carboxylic acids is 1. The molecule has 43 heavy (non-hydrogen) atoms. The molecule has 0 spiro atoms. The lowest BCUT2D eigenvalue weighted by Gasteiger charge is -2.26. The SMILES string of the molecule is O=C(O)c1ccc(CCN2C(=O)C(=Cc3ccc(OCCN4CCOCC4)c(-c4ccc5cc[nH]c5c4)c3)SC2=S)cc1. The number of hydrogen-bond donors (Lipinski definition) is 2. The Labute approximate surface area is 259 Å². The number of aromatic amines is 1. The van der Waals surface area contributed by atoms with Crippen LogP contribution in [0.15, 0.2) is 77.8 Å². The van der Waals surface area contributed by atoms with Crippen LogP contribution in [0.5, 0.6) is 5.75 Å². The molecule has 0 bridgehead atoms. The summed E-state index contributed by atoms with van der Waals surface area (Å²) < 4.78 is 12.3. The highest BCUT2D eigenvalue weighted by Gasteiger charge is 2.31. The minimum Gasteiger partial charge on any atom is -0.492 e. The summed E-state index contributed by atoms with van der Waals surface area (Å²) >= 11 is 6.85. The standard InChI is InChI=1S/C33H31N3O5S2/c37-31-30(43-33(42)36(31)12-10-22-1-4-25(5-2-22)32(38)39)20-23-3-8-29(41-18-15-35-13-16-40-17-14-35)27(19-23)26-7-6-24-9-11-34-28(24)21-26/h1-9,11,19-21,34H,10,12-18H2,(H,38,39). The first-order chi connectivity index (χ1) is 20.9. The van der Waals surface area contributed by atoms with Gasteiger partial charge in [0.05, 0.1) is 23.7 Å². The van der Waals surface area contributed by atoms with Crippen LogP contribution in [0, 0.1) is 0 Å². The molecule has 2 aliphatic heterocycles. The molecule has 0 atom stereocenters. The summed E-state index contributed by atoms with van der Waals surface area (Å²) in [4.78, 5) is 32.3. The molecule has 2 saturated heterocycles. The second-order valence-corrected chi connectivity index (χ2v) is 12.1. The number of carboxylic acid groups (broad SMARTS) is 1. The van der Waals surface area contributed by atoms with Crippen LogP contribution in [-0.4, -0.2) is 82.1 Å². The number of aromatic nitrogens is 1. The zero-order chi connectivity index (χ0) is 29.8. The molecule has 220 valence electrons. The summed E-state index contributed by atoms with van der Waals surface area (Å²) in [7, 11) is 0. The van der Waals surface area contributed by atoms with E-state index in [9.17, 15) is 9.59 Å². The predicted octanol–water partition coefficient (Wildman–Crippen LogP) is 5.69. The lowest BCUT2D eigenvalue weighted by Crippen LogP contribution is -2.38. The molecule has 1 amide bonds. The van der Waals surface area contributed by atoms with Crippen LogP contribution >= 0.6 is 24.0 Å². The van der Waals surface area contributed by atoms with Crippen molar-refractivity contribution in [3.05, 3.63) is 94.5 Å². The number of nitrogens with one attached hydrogen (secondary N) is 1. The lowest BCUT2D eigenvalue weighted by molar-refractivity contribution is -0.122. The highest BCUT2D eigenvalue weighted by Crippen LogP contribution is 2.36. The van der Waals surface area contributed by atoms with Crippen molar-refractivity contribution in [2.75, 3.05) is 46.0 Å². The molecule has 0 unspecified atom stereocenters. The number of carbonyl (C=O) groups is 2. The quantitative estimate of drug-likeness (QED) is 0.174. The van der Waals surface area contributed by atoms with Crippen LogP contribution in [0.4, 0.5) is 0 Å². The summed E-state index contributed by atoms with van der Waals surface area (Å²) in [6.07, 6.45) is 4.38. The molecular formula is C33H31N3O5S2. The molecule has 1 aromatic heterocycles. The fraction of sp³-hybridized carbons (Fsp3) is 0.242. The second-order valence-electron chi connectivity index (χ2n) is 10.4. The Balaban J connectivity index is 1.20. The Morgan fingerprint density at radius 1 is 1.05 bits per heavy atom. The number of rotatable bonds is 10. The molecule has 3 aromatic carbocycles. The number of ether oxygens (including phenoxy) is 2. The number of carbonyl (C=O) groups excluding carboxylic acids is 1. The number of morpholine rings is 1. The summed E-state index contributed by atoms with van der Waals surface area (Å²) in [5.41, 5.74) is 5.07. The minimum absolute atomic E-state index is 0.127. The molecule has 2 N–H and O–H groups in total. The predicted molar refractivity (Wildman–Crippen MR) is 173 cm³/mol. The first-order valence-electron chi connectivity index (χ1n) is 14.2. The maximum absolute atomic E-state index is 13.3. The maximum atomic E-state index is 13.3. The Morgan fingerprint density at radius 2 is 1.86 bits per heavy atom. The minimum atomic E-state index is -0.964. The van der Waals surface area contributed by atoms with Gasteiger partial charge in [-0.1, -0.05) is 54.3 Å². The summed E-state index contributed by atoms with van der Waals surface area (Å²) in [5.74, 6) is -0.302. The molecule has 3 heterocycles. The van der Waals surface area contributed by atoms with E-state index in [1.807, 2.05) is 30.5 Å². The largest absolute Gasteiger partial charge is 0.492 e. The van der Waals surface area contributed by atoms with Crippen LogP contribution in [0.1, 0.15) is 21.5 Å². The maximum Gasteiger partial charge on any atom is 0.335 e. The van der Waals surface area contributed by atoms with Crippen LogP contribution in [0.3, 0.4) is 0 Å². The van der Waals surface area contributed by atoms with Crippen LogP contribution in [0.2, 0.25) is 0 Å². The van der Waals surface area contributed by atoms with Gasteiger partial charge in [0.25, 0.3) is 5.91 Å². The Hall–Kier alpha value is -3.96. The molecule has 10 heteroatoms. The fourth-order valence-corrected chi connectivity index (χ4v) is 6.52. The lowest BCUT2D eigenvalue weighted by atomic mass is 10.0. The van der Waals surface area contributed by atoms with Crippen LogP contribution in [-0.2, 0) is 16.0 Å². The van der Waals surface area contributed by atoms with Crippen molar-refractivity contribution in [1.82, 2.24) is 14.8 Å². The third kappa shape index (κ3) is 6.83. The summed E-state index contributed by atoms with van der Waals surface area (Å²) in [6.45, 7) is 5.14. The third-order valence-corrected chi connectivity index (χ3v) is 9.01. The van der Waals surface area contributed by atoms with Gasteiger partial charge in [0.2, 0.25) is 0 Å². The fourth-order valence-electron chi connectivity index (χ4n) is 5.21. The number of hydrogen-bond acceptors (Lipinski definition) is 7. The summed E-state index contributed by atoms with van der Waals surface area (Å²) in [6, 6.07) is 21.0. The topological polar surface area (TPSA) is 95.1 Å². The van der Waals surface area contributed by atoms with Gasteiger partial charge >= 0.3 is 5.97 Å². The van der Waals surface area contributed by atoms with Crippen molar-refractivity contribution in [3.8, 4) is 16.9 Å².